The van der Waals surface area contributed by atoms with Crippen molar-refractivity contribution in [3.8, 4) is 11.3 Å². The fourth-order valence-electron chi connectivity index (χ4n) is 4.28. The van der Waals surface area contributed by atoms with Gasteiger partial charge < -0.3 is 26.6 Å². The van der Waals surface area contributed by atoms with Crippen molar-refractivity contribution < 1.29 is 9.59 Å². The molecule has 2 amide bonds. The molecule has 0 saturated carbocycles. The number of amides is 2. The number of nitrogens with zero attached hydrogens (tertiary/aromatic N) is 5. The van der Waals surface area contributed by atoms with Gasteiger partial charge in [0.2, 0.25) is 11.8 Å². The first-order valence-corrected chi connectivity index (χ1v) is 14.8. The van der Waals surface area contributed by atoms with Crippen molar-refractivity contribution >= 4 is 46.8 Å². The zero-order valence-electron chi connectivity index (χ0n) is 24.0. The van der Waals surface area contributed by atoms with E-state index in [4.69, 9.17) is 34.7 Å². The molecule has 5 N–H and O–H groups in total. The fourth-order valence-corrected chi connectivity index (χ4v) is 4.68. The third kappa shape index (κ3) is 10.9. The van der Waals surface area contributed by atoms with Crippen LogP contribution in [0.25, 0.3) is 11.3 Å². The molecule has 222 valence electrons. The Morgan fingerprint density at radius 1 is 1.02 bits per heavy atom. The molecule has 1 aliphatic rings. The van der Waals surface area contributed by atoms with Gasteiger partial charge in [0.25, 0.3) is 0 Å². The molecule has 0 radical (unpaired) electrons. The number of hydrogen-bond acceptors (Lipinski definition) is 5. The van der Waals surface area contributed by atoms with Crippen LogP contribution in [0.15, 0.2) is 29.3 Å². The molecule has 0 bridgehead atoms. The topological polar surface area (TPSA) is 135 Å². The summed E-state index contributed by atoms with van der Waals surface area (Å²) >= 11 is 12.5. The van der Waals surface area contributed by atoms with Crippen LogP contribution in [0.5, 0.6) is 0 Å². The molecule has 40 heavy (non-hydrogen) atoms. The average molecular weight is 596 g/mol. The Morgan fingerprint density at radius 2 is 1.68 bits per heavy atom. The lowest BCUT2D eigenvalue weighted by molar-refractivity contribution is -0.131. The van der Waals surface area contributed by atoms with E-state index < -0.39 is 0 Å². The van der Waals surface area contributed by atoms with Gasteiger partial charge in [0.15, 0.2) is 11.8 Å². The normalized spacial score (nSPS) is 12.9. The minimum atomic E-state index is -0.332. The SMILES string of the molecule is CCCCCCCC.Cn1nc(N2CCN(C(=O)CCNC(=O)CN=C(N)N)CC2)cc1-c1cccc(Cl)c1Cl. The highest BCUT2D eigenvalue weighted by Crippen LogP contribution is 2.34. The zero-order chi connectivity index (χ0) is 29.5. The van der Waals surface area contributed by atoms with Crippen LogP contribution in [0.2, 0.25) is 10.0 Å². The number of benzene rings is 1. The number of nitrogens with one attached hydrogen (secondary N) is 1. The van der Waals surface area contributed by atoms with Crippen LogP contribution < -0.4 is 21.7 Å². The van der Waals surface area contributed by atoms with Gasteiger partial charge >= 0.3 is 0 Å². The minimum Gasteiger partial charge on any atom is -0.370 e. The Bertz CT molecular complexity index is 1100. The van der Waals surface area contributed by atoms with Crippen LogP contribution in [0, 0.1) is 0 Å². The summed E-state index contributed by atoms with van der Waals surface area (Å²) in [4.78, 5) is 31.6. The van der Waals surface area contributed by atoms with E-state index in [1.165, 1.54) is 38.5 Å². The van der Waals surface area contributed by atoms with Gasteiger partial charge in [-0.2, -0.15) is 5.10 Å². The number of guanidine groups is 1. The predicted octanol–water partition coefficient (Wildman–Crippen LogP) is 4.19. The molecule has 1 saturated heterocycles. The van der Waals surface area contributed by atoms with Crippen LogP contribution in [0.1, 0.15) is 58.8 Å². The number of aliphatic imine (C=N–C) groups is 1. The number of carbonyl (C=O) groups is 2. The summed E-state index contributed by atoms with van der Waals surface area (Å²) < 4.78 is 1.77. The number of unbranched alkanes of at least 4 members (excludes halogenated alkanes) is 5. The second-order valence-electron chi connectivity index (χ2n) is 9.74. The van der Waals surface area contributed by atoms with Crippen molar-refractivity contribution in [1.29, 1.82) is 0 Å². The molecule has 2 heterocycles. The molecule has 0 unspecified atom stereocenters. The molecule has 12 heteroatoms. The Labute approximate surface area is 248 Å². The summed E-state index contributed by atoms with van der Waals surface area (Å²) in [6.07, 6.45) is 8.71. The maximum atomic E-state index is 12.4. The largest absolute Gasteiger partial charge is 0.370 e. The van der Waals surface area contributed by atoms with Crippen molar-refractivity contribution in [3.63, 3.8) is 0 Å². The molecule has 0 atom stereocenters. The van der Waals surface area contributed by atoms with Crippen LogP contribution in [0.4, 0.5) is 5.82 Å². The maximum absolute atomic E-state index is 12.4. The van der Waals surface area contributed by atoms with Gasteiger partial charge in [-0.25, -0.2) is 4.99 Å². The number of carbonyl (C=O) groups excluding carboxylic acids is 2. The molecule has 1 aromatic carbocycles. The number of aromatic nitrogens is 2. The Kier molecular flexibility index (Phi) is 14.7. The highest BCUT2D eigenvalue weighted by atomic mass is 35.5. The highest BCUT2D eigenvalue weighted by Gasteiger charge is 2.23. The van der Waals surface area contributed by atoms with E-state index in [0.29, 0.717) is 36.2 Å². The van der Waals surface area contributed by atoms with E-state index in [1.54, 1.807) is 15.6 Å². The van der Waals surface area contributed by atoms with Gasteiger partial charge in [0.05, 0.1) is 15.7 Å². The fraction of sp³-hybridized carbons (Fsp3) is 0.571. The Balaban J connectivity index is 0.000000611. The number of aryl methyl sites for hydroxylation is 1. The van der Waals surface area contributed by atoms with Crippen molar-refractivity contribution in [3.05, 3.63) is 34.3 Å². The lowest BCUT2D eigenvalue weighted by Gasteiger charge is -2.34. The predicted molar refractivity (Wildman–Crippen MR) is 165 cm³/mol. The Hall–Kier alpha value is -2.98. The van der Waals surface area contributed by atoms with E-state index in [2.05, 4.69) is 34.2 Å². The third-order valence-corrected chi connectivity index (χ3v) is 7.39. The first-order valence-electron chi connectivity index (χ1n) is 14.0. The molecular weight excluding hydrogens is 551 g/mol. The molecule has 1 fully saturated rings. The summed E-state index contributed by atoms with van der Waals surface area (Å²) in [7, 11) is 1.86. The van der Waals surface area contributed by atoms with Crippen LogP contribution >= 0.6 is 23.2 Å². The molecule has 2 aromatic rings. The van der Waals surface area contributed by atoms with Crippen molar-refractivity contribution in [2.45, 2.75) is 58.8 Å². The number of piperazine rings is 1. The van der Waals surface area contributed by atoms with Crippen LogP contribution in [-0.4, -0.2) is 71.7 Å². The molecule has 10 nitrogen and oxygen atoms in total. The molecule has 0 aliphatic carbocycles. The first kappa shape index (κ1) is 33.2. The third-order valence-electron chi connectivity index (χ3n) is 6.57. The molecule has 0 spiro atoms. The quantitative estimate of drug-likeness (QED) is 0.191. The minimum absolute atomic E-state index is 0.0146. The van der Waals surface area contributed by atoms with Gasteiger partial charge in [-0.1, -0.05) is 87.7 Å². The van der Waals surface area contributed by atoms with E-state index in [9.17, 15) is 9.59 Å². The molecule has 3 rings (SSSR count). The summed E-state index contributed by atoms with van der Waals surface area (Å²) in [5.41, 5.74) is 12.1. The number of hydrogen-bond donors (Lipinski definition) is 3. The highest BCUT2D eigenvalue weighted by molar-refractivity contribution is 6.43. The summed E-state index contributed by atoms with van der Waals surface area (Å²) in [5, 5.41) is 8.22. The summed E-state index contributed by atoms with van der Waals surface area (Å²) in [5.74, 6) is 0.323. The lowest BCUT2D eigenvalue weighted by Crippen LogP contribution is -2.49. The average Bonchev–Trinajstić information content (AvgIpc) is 3.33. The summed E-state index contributed by atoms with van der Waals surface area (Å²) in [6.45, 7) is 7.06. The second kappa shape index (κ2) is 17.7. The van der Waals surface area contributed by atoms with E-state index in [0.717, 1.165) is 17.1 Å². The zero-order valence-corrected chi connectivity index (χ0v) is 25.5. The molecular formula is C28H44Cl2N8O2. The monoisotopic (exact) mass is 594 g/mol. The van der Waals surface area contributed by atoms with Crippen molar-refractivity contribution in [1.82, 2.24) is 20.0 Å². The summed E-state index contributed by atoms with van der Waals surface area (Å²) in [6, 6.07) is 7.48. The van der Waals surface area contributed by atoms with Gasteiger partial charge in [-0.3, -0.25) is 14.3 Å². The number of nitrogens with two attached hydrogens (primary N) is 2. The van der Waals surface area contributed by atoms with Gasteiger partial charge in [0.1, 0.15) is 6.54 Å². The number of anilines is 1. The molecule has 1 aliphatic heterocycles. The Morgan fingerprint density at radius 3 is 2.27 bits per heavy atom. The van der Waals surface area contributed by atoms with E-state index in [1.807, 2.05) is 25.2 Å². The smallest absolute Gasteiger partial charge is 0.241 e. The molecule has 1 aromatic heterocycles. The number of halogens is 2. The van der Waals surface area contributed by atoms with Crippen LogP contribution in [-0.2, 0) is 16.6 Å². The second-order valence-corrected chi connectivity index (χ2v) is 10.5. The van der Waals surface area contributed by atoms with Crippen molar-refractivity contribution in [2.24, 2.45) is 23.5 Å². The first-order chi connectivity index (χ1) is 19.2. The van der Waals surface area contributed by atoms with Gasteiger partial charge in [-0.05, 0) is 6.07 Å². The van der Waals surface area contributed by atoms with E-state index >= 15 is 0 Å². The van der Waals surface area contributed by atoms with Crippen LogP contribution in [0.3, 0.4) is 0 Å². The maximum Gasteiger partial charge on any atom is 0.241 e. The van der Waals surface area contributed by atoms with Gasteiger partial charge in [0, 0.05) is 57.8 Å². The van der Waals surface area contributed by atoms with Crippen molar-refractivity contribution in [2.75, 3.05) is 44.2 Å². The standard InChI is InChI=1S/C20H26Cl2N8O2.C8H18/c1-28-15(13-3-2-4-14(21)19(13)22)11-16(27-28)29-7-9-30(10-8-29)18(32)5-6-25-17(31)12-26-20(23)24;1-3-5-7-8-6-4-2/h2-4,11H,5-10,12H2,1H3,(H,25,31)(H4,23,24,26);3-8H2,1-2H3. The number of rotatable bonds is 12. The van der Waals surface area contributed by atoms with Gasteiger partial charge in [-0.15, -0.1) is 0 Å². The van der Waals surface area contributed by atoms with E-state index in [-0.39, 0.29) is 37.3 Å². The lowest BCUT2D eigenvalue weighted by atomic mass is 10.1.